The first-order chi connectivity index (χ1) is 11.4. The Kier molecular flexibility index (Phi) is 5.32. The molecule has 0 spiro atoms. The molecule has 2 aromatic heterocycles. The summed E-state index contributed by atoms with van der Waals surface area (Å²) in [4.78, 5) is 15.5. The second-order valence-corrected chi connectivity index (χ2v) is 5.83. The van der Waals surface area contributed by atoms with Crippen molar-refractivity contribution in [1.29, 1.82) is 0 Å². The zero-order chi connectivity index (χ0) is 15.9. The van der Waals surface area contributed by atoms with Crippen molar-refractivity contribution in [2.24, 2.45) is 0 Å². The smallest absolute Gasteiger partial charge is 0.132 e. The minimum Gasteiger partial charge on any atom is -0.347 e. The maximum absolute atomic E-state index is 4.49. The van der Waals surface area contributed by atoms with Crippen LogP contribution in [0.2, 0.25) is 0 Å². The number of hydrogen-bond acceptors (Lipinski definition) is 5. The van der Waals surface area contributed by atoms with Gasteiger partial charge in [0.15, 0.2) is 0 Å². The summed E-state index contributed by atoms with van der Waals surface area (Å²) < 4.78 is 0. The monoisotopic (exact) mass is 309 g/mol. The Labute approximate surface area is 137 Å². The Balaban J connectivity index is 1.80. The van der Waals surface area contributed by atoms with Gasteiger partial charge in [-0.3, -0.25) is 4.98 Å². The first kappa shape index (κ1) is 15.6. The van der Waals surface area contributed by atoms with Gasteiger partial charge >= 0.3 is 0 Å². The van der Waals surface area contributed by atoms with E-state index < -0.39 is 0 Å². The van der Waals surface area contributed by atoms with E-state index >= 15 is 0 Å². The van der Waals surface area contributed by atoms with Crippen molar-refractivity contribution in [3.63, 3.8) is 0 Å². The third-order valence-corrected chi connectivity index (χ3v) is 4.14. The van der Waals surface area contributed by atoms with Gasteiger partial charge in [-0.15, -0.1) is 6.58 Å². The van der Waals surface area contributed by atoms with Crippen LogP contribution >= 0.6 is 0 Å². The molecule has 1 atom stereocenters. The summed E-state index contributed by atoms with van der Waals surface area (Å²) >= 11 is 0. The summed E-state index contributed by atoms with van der Waals surface area (Å²) in [7, 11) is 0. The van der Waals surface area contributed by atoms with E-state index in [-0.39, 0.29) is 0 Å². The Morgan fingerprint density at radius 2 is 2.26 bits per heavy atom. The average Bonchev–Trinajstić information content (AvgIpc) is 2.63. The first-order valence-electron chi connectivity index (χ1n) is 8.15. The molecule has 5 heteroatoms. The van der Waals surface area contributed by atoms with Crippen LogP contribution in [0.4, 0.5) is 5.82 Å². The fourth-order valence-electron chi connectivity index (χ4n) is 2.94. The van der Waals surface area contributed by atoms with Crippen LogP contribution in [0.1, 0.15) is 30.1 Å². The van der Waals surface area contributed by atoms with Crippen molar-refractivity contribution in [1.82, 2.24) is 20.3 Å². The molecule has 5 nitrogen and oxygen atoms in total. The largest absolute Gasteiger partial charge is 0.347 e. The van der Waals surface area contributed by atoms with Crippen LogP contribution in [0.5, 0.6) is 0 Å². The van der Waals surface area contributed by atoms with Gasteiger partial charge in [0, 0.05) is 31.3 Å². The molecule has 0 saturated carbocycles. The topological polar surface area (TPSA) is 53.9 Å². The molecule has 1 unspecified atom stereocenters. The predicted molar refractivity (Wildman–Crippen MR) is 92.4 cm³/mol. The molecule has 0 aromatic carbocycles. The van der Waals surface area contributed by atoms with Gasteiger partial charge in [-0.05, 0) is 31.5 Å². The van der Waals surface area contributed by atoms with Gasteiger partial charge in [0.25, 0.3) is 0 Å². The minimum absolute atomic E-state index is 0.478. The van der Waals surface area contributed by atoms with Crippen molar-refractivity contribution < 1.29 is 0 Å². The summed E-state index contributed by atoms with van der Waals surface area (Å²) in [6.07, 6.45) is 7.78. The van der Waals surface area contributed by atoms with Gasteiger partial charge in [-0.25, -0.2) is 9.97 Å². The van der Waals surface area contributed by atoms with E-state index in [1.54, 1.807) is 6.33 Å². The van der Waals surface area contributed by atoms with Crippen LogP contribution in [0.3, 0.4) is 0 Å². The SMILES string of the molecule is C=CCN(Cc1ccccn1)c1cc(C2CCCNC2)ncn1. The van der Waals surface area contributed by atoms with Crippen LogP contribution in [-0.2, 0) is 6.54 Å². The van der Waals surface area contributed by atoms with E-state index in [0.29, 0.717) is 12.5 Å². The molecule has 120 valence electrons. The molecule has 2 aromatic rings. The fourth-order valence-corrected chi connectivity index (χ4v) is 2.94. The molecular formula is C18H23N5. The molecule has 1 aliphatic heterocycles. The lowest BCUT2D eigenvalue weighted by atomic mass is 9.96. The van der Waals surface area contributed by atoms with Crippen molar-refractivity contribution in [3.05, 3.63) is 60.8 Å². The van der Waals surface area contributed by atoms with Crippen LogP contribution in [0, 0.1) is 0 Å². The summed E-state index contributed by atoms with van der Waals surface area (Å²) in [6.45, 7) is 7.42. The summed E-state index contributed by atoms with van der Waals surface area (Å²) in [5, 5.41) is 3.45. The first-order valence-corrected chi connectivity index (χ1v) is 8.15. The van der Waals surface area contributed by atoms with E-state index in [1.807, 2.05) is 30.5 Å². The Bertz CT molecular complexity index is 622. The van der Waals surface area contributed by atoms with E-state index in [1.165, 1.54) is 12.8 Å². The van der Waals surface area contributed by atoms with E-state index in [9.17, 15) is 0 Å². The molecule has 0 aliphatic carbocycles. The standard InChI is InChI=1S/C18H23N5/c1-2-10-23(13-16-7-3-4-9-20-16)18-11-17(21-14-22-18)15-6-5-8-19-12-15/h2-4,7,9,11,14-15,19H,1,5-6,8,10,12-13H2. The third kappa shape index (κ3) is 4.13. The maximum atomic E-state index is 4.49. The number of pyridine rings is 1. The van der Waals surface area contributed by atoms with Gasteiger partial charge in [-0.2, -0.15) is 0 Å². The number of rotatable bonds is 6. The predicted octanol–water partition coefficient (Wildman–Crippen LogP) is 2.53. The molecule has 3 heterocycles. The Hall–Kier alpha value is -2.27. The molecule has 0 bridgehead atoms. The van der Waals surface area contributed by atoms with Crippen molar-refractivity contribution >= 4 is 5.82 Å². The minimum atomic E-state index is 0.478. The molecule has 1 fully saturated rings. The van der Waals surface area contributed by atoms with Crippen LogP contribution in [0.25, 0.3) is 0 Å². The number of piperidine rings is 1. The zero-order valence-corrected chi connectivity index (χ0v) is 13.4. The number of nitrogens with one attached hydrogen (secondary N) is 1. The summed E-state index contributed by atoms with van der Waals surface area (Å²) in [6, 6.07) is 8.08. The van der Waals surface area contributed by atoms with E-state index in [2.05, 4.69) is 37.8 Å². The number of nitrogens with zero attached hydrogens (tertiary/aromatic N) is 4. The Morgan fingerprint density at radius 3 is 3.00 bits per heavy atom. The highest BCUT2D eigenvalue weighted by Gasteiger charge is 2.18. The van der Waals surface area contributed by atoms with Crippen molar-refractivity contribution in [2.75, 3.05) is 24.5 Å². The Morgan fingerprint density at radius 1 is 1.30 bits per heavy atom. The second-order valence-electron chi connectivity index (χ2n) is 5.83. The lowest BCUT2D eigenvalue weighted by Crippen LogP contribution is -2.29. The molecule has 1 N–H and O–H groups in total. The van der Waals surface area contributed by atoms with Gasteiger partial charge < -0.3 is 10.2 Å². The number of anilines is 1. The van der Waals surface area contributed by atoms with E-state index in [4.69, 9.17) is 0 Å². The lowest BCUT2D eigenvalue weighted by Gasteiger charge is -2.25. The molecular weight excluding hydrogens is 286 g/mol. The molecule has 3 rings (SSSR count). The highest BCUT2D eigenvalue weighted by molar-refractivity contribution is 5.41. The van der Waals surface area contributed by atoms with Crippen LogP contribution < -0.4 is 10.2 Å². The molecule has 0 radical (unpaired) electrons. The molecule has 0 amide bonds. The van der Waals surface area contributed by atoms with Crippen molar-refractivity contribution in [2.45, 2.75) is 25.3 Å². The number of hydrogen-bond donors (Lipinski definition) is 1. The summed E-state index contributed by atoms with van der Waals surface area (Å²) in [5.74, 6) is 1.41. The molecule has 1 aliphatic rings. The van der Waals surface area contributed by atoms with Gasteiger partial charge in [0.05, 0.1) is 17.9 Å². The van der Waals surface area contributed by atoms with Crippen LogP contribution in [0.15, 0.2) is 49.4 Å². The van der Waals surface area contributed by atoms with Gasteiger partial charge in [0.1, 0.15) is 12.1 Å². The lowest BCUT2D eigenvalue weighted by molar-refractivity contribution is 0.454. The van der Waals surface area contributed by atoms with Gasteiger partial charge in [0.2, 0.25) is 0 Å². The molecule has 23 heavy (non-hydrogen) atoms. The van der Waals surface area contributed by atoms with Gasteiger partial charge in [-0.1, -0.05) is 12.1 Å². The second kappa shape index (κ2) is 7.83. The average molecular weight is 309 g/mol. The third-order valence-electron chi connectivity index (χ3n) is 4.14. The summed E-state index contributed by atoms with van der Waals surface area (Å²) in [5.41, 5.74) is 2.14. The maximum Gasteiger partial charge on any atom is 0.132 e. The van der Waals surface area contributed by atoms with E-state index in [0.717, 1.165) is 36.8 Å². The fraction of sp³-hybridized carbons (Fsp3) is 0.389. The highest BCUT2D eigenvalue weighted by Crippen LogP contribution is 2.24. The normalized spacial score (nSPS) is 17.7. The molecule has 1 saturated heterocycles. The highest BCUT2D eigenvalue weighted by atomic mass is 15.2. The zero-order valence-electron chi connectivity index (χ0n) is 13.4. The van der Waals surface area contributed by atoms with Crippen LogP contribution in [-0.4, -0.2) is 34.6 Å². The number of aromatic nitrogens is 3. The quantitative estimate of drug-likeness (QED) is 0.831. The van der Waals surface area contributed by atoms with Crippen molar-refractivity contribution in [3.8, 4) is 0 Å².